The third-order valence-electron chi connectivity index (χ3n) is 1.99. The second-order valence-electron chi connectivity index (χ2n) is 4.70. The molecule has 0 spiro atoms. The van der Waals surface area contributed by atoms with Gasteiger partial charge in [-0.3, -0.25) is 19.6 Å². The van der Waals surface area contributed by atoms with Gasteiger partial charge in [-0.2, -0.15) is 0 Å². The highest BCUT2D eigenvalue weighted by molar-refractivity contribution is 8.77. The number of rotatable bonds is 7. The highest BCUT2D eigenvalue weighted by atomic mass is 33.1. The van der Waals surface area contributed by atoms with Gasteiger partial charge in [0, 0.05) is 0 Å². The largest absolute Gasteiger partial charge is 0.285 e. The van der Waals surface area contributed by atoms with Crippen LogP contribution >= 0.6 is 21.6 Å². The fourth-order valence-corrected chi connectivity index (χ4v) is 4.92. The lowest BCUT2D eigenvalue weighted by atomic mass is 10.8. The molecule has 0 aromatic heterocycles. The molecule has 0 heterocycles. The molecule has 0 rings (SSSR count). The summed E-state index contributed by atoms with van der Waals surface area (Å²) in [5, 5.41) is 0. The Labute approximate surface area is 109 Å². The van der Waals surface area contributed by atoms with E-state index in [1.165, 1.54) is 0 Å². The normalized spacial score (nSPS) is 13.1. The van der Waals surface area contributed by atoms with Gasteiger partial charge >= 0.3 is 0 Å². The summed E-state index contributed by atoms with van der Waals surface area (Å²) >= 11 is 0. The van der Waals surface area contributed by atoms with Crippen molar-refractivity contribution in [1.29, 1.82) is 0 Å². The van der Waals surface area contributed by atoms with Gasteiger partial charge < -0.3 is 0 Å². The van der Waals surface area contributed by atoms with E-state index in [-0.39, 0.29) is 0 Å². The quantitative estimate of drug-likeness (QED) is 0.503. The Morgan fingerprint density at radius 1 is 0.500 bits per heavy atom. The molecule has 0 bridgehead atoms. The Bertz CT molecular complexity index is 150. The van der Waals surface area contributed by atoms with Crippen molar-refractivity contribution in [3.8, 4) is 0 Å². The fourth-order valence-electron chi connectivity index (χ4n) is 1.37. The Morgan fingerprint density at radius 2 is 0.688 bits per heavy atom. The maximum Gasteiger partial charge on any atom is 0.120 e. The average molecular weight is 266 g/mol. The molecule has 6 heteroatoms. The van der Waals surface area contributed by atoms with Crippen molar-refractivity contribution in [3.05, 3.63) is 0 Å². The van der Waals surface area contributed by atoms with Crippen LogP contribution in [0.4, 0.5) is 0 Å². The van der Waals surface area contributed by atoms with Gasteiger partial charge in [-0.15, -0.1) is 0 Å². The van der Waals surface area contributed by atoms with Crippen LogP contribution < -0.4 is 0 Å². The third-order valence-corrected chi connectivity index (χ3v) is 5.50. The second kappa shape index (κ2) is 7.79. The van der Waals surface area contributed by atoms with Crippen molar-refractivity contribution in [2.24, 2.45) is 0 Å². The zero-order chi connectivity index (χ0) is 12.9. The van der Waals surface area contributed by atoms with Crippen LogP contribution in [0, 0.1) is 0 Å². The summed E-state index contributed by atoms with van der Waals surface area (Å²) in [6, 6.07) is 0. The summed E-state index contributed by atoms with van der Waals surface area (Å²) in [7, 11) is 20.7. The number of hydrogen-bond donors (Lipinski definition) is 0. The number of hydrogen-bond acceptors (Lipinski definition) is 6. The summed E-state index contributed by atoms with van der Waals surface area (Å²) in [4.78, 5) is 8.89. The van der Waals surface area contributed by atoms with Crippen LogP contribution in [-0.4, -0.2) is 87.0 Å². The Kier molecular flexibility index (Phi) is 8.05. The van der Waals surface area contributed by atoms with Crippen molar-refractivity contribution in [2.45, 2.75) is 11.0 Å². The first-order valence-electron chi connectivity index (χ1n) is 5.25. The van der Waals surface area contributed by atoms with E-state index in [2.05, 4.69) is 76.0 Å². The summed E-state index contributed by atoms with van der Waals surface area (Å²) in [5.74, 6) is 0. The summed E-state index contributed by atoms with van der Waals surface area (Å²) in [6.07, 6.45) is 0. The van der Waals surface area contributed by atoms with Gasteiger partial charge in [0.2, 0.25) is 0 Å². The first kappa shape index (κ1) is 16.5. The average Bonchev–Trinajstić information content (AvgIpc) is 2.09. The fraction of sp³-hybridized carbons (Fsp3) is 1.00. The van der Waals surface area contributed by atoms with Crippen molar-refractivity contribution < 1.29 is 0 Å². The first-order chi connectivity index (χ1) is 7.27. The molecule has 98 valence electrons. The molecule has 0 unspecified atom stereocenters. The maximum atomic E-state index is 2.22. The van der Waals surface area contributed by atoms with Crippen molar-refractivity contribution in [3.63, 3.8) is 0 Å². The molecule has 0 N–H and O–H groups in total. The SMILES string of the molecule is CN(C)C(SSC(N(C)C)N(C)C)N(C)C. The van der Waals surface area contributed by atoms with Crippen LogP contribution in [0.2, 0.25) is 0 Å². The Hall–Kier alpha value is 0.540. The zero-order valence-electron chi connectivity index (χ0n) is 11.8. The van der Waals surface area contributed by atoms with Gasteiger partial charge in [-0.25, -0.2) is 0 Å². The molecule has 0 fully saturated rings. The van der Waals surface area contributed by atoms with Crippen LogP contribution in [0.1, 0.15) is 0 Å². The van der Waals surface area contributed by atoms with E-state index in [1.807, 2.05) is 21.6 Å². The van der Waals surface area contributed by atoms with Gasteiger partial charge in [0.1, 0.15) is 11.0 Å². The molecule has 0 aliphatic heterocycles. The van der Waals surface area contributed by atoms with E-state index in [0.717, 1.165) is 0 Å². The standard InChI is InChI=1S/C10H26N4S2/c1-11(2)9(12(3)4)15-16-10(13(5)6)14(7)8/h9-10H,1-8H3. The molecule has 0 saturated carbocycles. The van der Waals surface area contributed by atoms with Gasteiger partial charge in [-0.05, 0) is 56.4 Å². The lowest BCUT2D eigenvalue weighted by molar-refractivity contribution is 0.209. The summed E-state index contributed by atoms with van der Waals surface area (Å²) < 4.78 is 0. The molecule has 0 aliphatic rings. The van der Waals surface area contributed by atoms with E-state index >= 15 is 0 Å². The van der Waals surface area contributed by atoms with E-state index in [1.54, 1.807) is 0 Å². The van der Waals surface area contributed by atoms with Gasteiger partial charge in [0.25, 0.3) is 0 Å². The molecular weight excluding hydrogens is 240 g/mol. The molecule has 0 amide bonds. The smallest absolute Gasteiger partial charge is 0.120 e. The molecule has 0 atom stereocenters. The van der Waals surface area contributed by atoms with E-state index < -0.39 is 0 Å². The highest BCUT2D eigenvalue weighted by Crippen LogP contribution is 2.34. The summed E-state index contributed by atoms with van der Waals surface area (Å²) in [6.45, 7) is 0. The maximum absolute atomic E-state index is 2.22. The molecule has 4 nitrogen and oxygen atoms in total. The van der Waals surface area contributed by atoms with E-state index in [4.69, 9.17) is 0 Å². The van der Waals surface area contributed by atoms with Gasteiger partial charge in [-0.1, -0.05) is 21.6 Å². The highest BCUT2D eigenvalue weighted by Gasteiger charge is 2.20. The molecule has 0 saturated heterocycles. The minimum atomic E-state index is 0.396. The van der Waals surface area contributed by atoms with Crippen molar-refractivity contribution in [1.82, 2.24) is 19.6 Å². The topological polar surface area (TPSA) is 13.0 Å². The van der Waals surface area contributed by atoms with E-state index in [0.29, 0.717) is 11.0 Å². The first-order valence-corrected chi connectivity index (χ1v) is 7.52. The van der Waals surface area contributed by atoms with Gasteiger partial charge in [0.05, 0.1) is 0 Å². The summed E-state index contributed by atoms with van der Waals surface area (Å²) in [5.41, 5.74) is 0.791. The minimum absolute atomic E-state index is 0.396. The van der Waals surface area contributed by atoms with Crippen LogP contribution in [0.5, 0.6) is 0 Å². The van der Waals surface area contributed by atoms with Crippen LogP contribution in [-0.2, 0) is 0 Å². The molecule has 0 aromatic rings. The van der Waals surface area contributed by atoms with Crippen molar-refractivity contribution in [2.75, 3.05) is 56.4 Å². The lowest BCUT2D eigenvalue weighted by Crippen LogP contribution is -2.40. The molecule has 0 aliphatic carbocycles. The molecule has 0 aromatic carbocycles. The van der Waals surface area contributed by atoms with E-state index in [9.17, 15) is 0 Å². The predicted octanol–water partition coefficient (Wildman–Crippen LogP) is 1.18. The zero-order valence-corrected chi connectivity index (χ0v) is 13.4. The monoisotopic (exact) mass is 266 g/mol. The molecule has 0 radical (unpaired) electrons. The van der Waals surface area contributed by atoms with Crippen LogP contribution in [0.15, 0.2) is 0 Å². The van der Waals surface area contributed by atoms with Gasteiger partial charge in [0.15, 0.2) is 0 Å². The van der Waals surface area contributed by atoms with Crippen LogP contribution in [0.25, 0.3) is 0 Å². The minimum Gasteiger partial charge on any atom is -0.285 e. The number of nitrogens with zero attached hydrogens (tertiary/aromatic N) is 4. The predicted molar refractivity (Wildman–Crippen MR) is 77.5 cm³/mol. The molecular formula is C10H26N4S2. The Balaban J connectivity index is 4.27. The Morgan fingerprint density at radius 3 is 0.812 bits per heavy atom. The lowest BCUT2D eigenvalue weighted by Gasteiger charge is -2.34. The second-order valence-corrected chi connectivity index (χ2v) is 7.08. The molecule has 16 heavy (non-hydrogen) atoms. The van der Waals surface area contributed by atoms with Crippen molar-refractivity contribution >= 4 is 21.6 Å². The van der Waals surface area contributed by atoms with Crippen LogP contribution in [0.3, 0.4) is 0 Å². The third kappa shape index (κ3) is 5.75.